The third-order valence-corrected chi connectivity index (χ3v) is 2.43. The lowest BCUT2D eigenvalue weighted by Gasteiger charge is -2.13. The summed E-state index contributed by atoms with van der Waals surface area (Å²) in [5, 5.41) is 0. The predicted molar refractivity (Wildman–Crippen MR) is 51.3 cm³/mol. The van der Waals surface area contributed by atoms with E-state index < -0.39 is 24.2 Å². The van der Waals surface area contributed by atoms with Gasteiger partial charge >= 0.3 is 6.36 Å². The molecular formula is C7H2Br2F5NO. The van der Waals surface area contributed by atoms with Gasteiger partial charge in [-0.1, -0.05) is 15.9 Å². The average molecular weight is 371 g/mol. The SMILES string of the molecule is FC(F)c1c(Br)cc(Br)nc1OC(F)(F)F. The van der Waals surface area contributed by atoms with E-state index in [1.54, 1.807) is 0 Å². The smallest absolute Gasteiger partial charge is 0.387 e. The van der Waals surface area contributed by atoms with Crippen molar-refractivity contribution in [3.05, 3.63) is 20.7 Å². The van der Waals surface area contributed by atoms with E-state index in [0.29, 0.717) is 0 Å². The molecule has 0 atom stereocenters. The van der Waals surface area contributed by atoms with Crippen LogP contribution in [0.2, 0.25) is 0 Å². The van der Waals surface area contributed by atoms with Gasteiger partial charge in [-0.2, -0.15) is 0 Å². The van der Waals surface area contributed by atoms with E-state index in [4.69, 9.17) is 0 Å². The van der Waals surface area contributed by atoms with Gasteiger partial charge in [-0.25, -0.2) is 13.8 Å². The van der Waals surface area contributed by atoms with Gasteiger partial charge in [0, 0.05) is 4.47 Å². The summed E-state index contributed by atoms with van der Waals surface area (Å²) in [6.07, 6.45) is -8.20. The summed E-state index contributed by atoms with van der Waals surface area (Å²) in [6, 6.07) is 1.10. The molecule has 0 bridgehead atoms. The second-order valence-corrected chi connectivity index (χ2v) is 4.16. The average Bonchev–Trinajstić information content (AvgIpc) is 1.96. The zero-order valence-electron chi connectivity index (χ0n) is 7.16. The highest BCUT2D eigenvalue weighted by Gasteiger charge is 2.35. The maximum absolute atomic E-state index is 12.5. The van der Waals surface area contributed by atoms with Crippen molar-refractivity contribution in [2.75, 3.05) is 0 Å². The summed E-state index contributed by atoms with van der Waals surface area (Å²) >= 11 is 5.48. The molecule has 0 aliphatic carbocycles. The minimum atomic E-state index is -5.07. The monoisotopic (exact) mass is 369 g/mol. The fraction of sp³-hybridized carbons (Fsp3) is 0.286. The number of rotatable bonds is 2. The van der Waals surface area contributed by atoms with Crippen molar-refractivity contribution in [2.24, 2.45) is 0 Å². The molecule has 0 unspecified atom stereocenters. The summed E-state index contributed by atoms with van der Waals surface area (Å²) < 4.78 is 63.8. The van der Waals surface area contributed by atoms with E-state index in [0.717, 1.165) is 6.07 Å². The number of aromatic nitrogens is 1. The largest absolute Gasteiger partial charge is 0.574 e. The lowest BCUT2D eigenvalue weighted by Crippen LogP contribution is -2.19. The minimum Gasteiger partial charge on any atom is -0.387 e. The number of pyridine rings is 1. The fourth-order valence-electron chi connectivity index (χ4n) is 0.859. The van der Waals surface area contributed by atoms with Crippen molar-refractivity contribution < 1.29 is 26.7 Å². The molecule has 1 heterocycles. The van der Waals surface area contributed by atoms with Gasteiger partial charge in [0.2, 0.25) is 5.88 Å². The van der Waals surface area contributed by atoms with E-state index in [-0.39, 0.29) is 9.08 Å². The highest BCUT2D eigenvalue weighted by atomic mass is 79.9. The Morgan fingerprint density at radius 1 is 1.25 bits per heavy atom. The molecule has 0 aliphatic heterocycles. The Morgan fingerprint density at radius 3 is 2.25 bits per heavy atom. The Hall–Kier alpha value is -0.440. The molecule has 90 valence electrons. The first-order valence-electron chi connectivity index (χ1n) is 3.60. The van der Waals surface area contributed by atoms with Gasteiger partial charge in [0.25, 0.3) is 6.43 Å². The summed E-state index contributed by atoms with van der Waals surface area (Å²) in [4.78, 5) is 3.21. The first-order chi connectivity index (χ1) is 7.20. The van der Waals surface area contributed by atoms with E-state index in [1.165, 1.54) is 0 Å². The van der Waals surface area contributed by atoms with E-state index >= 15 is 0 Å². The molecular weight excluding hydrogens is 369 g/mol. The quantitative estimate of drug-likeness (QED) is 0.567. The third-order valence-electron chi connectivity index (χ3n) is 1.37. The zero-order valence-corrected chi connectivity index (χ0v) is 10.3. The second kappa shape index (κ2) is 4.82. The van der Waals surface area contributed by atoms with Gasteiger partial charge in [0.05, 0.1) is 5.56 Å². The molecule has 0 saturated carbocycles. The van der Waals surface area contributed by atoms with Crippen molar-refractivity contribution in [1.29, 1.82) is 0 Å². The molecule has 1 aromatic heterocycles. The van der Waals surface area contributed by atoms with Crippen LogP contribution in [-0.4, -0.2) is 11.3 Å². The molecule has 0 spiro atoms. The fourth-order valence-corrected chi connectivity index (χ4v) is 2.12. The molecule has 0 aliphatic rings. The Morgan fingerprint density at radius 2 is 1.81 bits per heavy atom. The third kappa shape index (κ3) is 3.55. The Balaban J connectivity index is 3.24. The molecule has 16 heavy (non-hydrogen) atoms. The Labute approximate surface area is 103 Å². The van der Waals surface area contributed by atoms with Gasteiger partial charge in [0.1, 0.15) is 4.60 Å². The molecule has 0 aromatic carbocycles. The molecule has 1 rings (SSSR count). The van der Waals surface area contributed by atoms with Gasteiger partial charge in [-0.05, 0) is 22.0 Å². The van der Waals surface area contributed by atoms with E-state index in [9.17, 15) is 22.0 Å². The van der Waals surface area contributed by atoms with E-state index in [2.05, 4.69) is 41.6 Å². The summed E-state index contributed by atoms with van der Waals surface area (Å²) in [6.45, 7) is 0. The standard InChI is InChI=1S/C7H2Br2F5NO/c8-2-1-3(9)15-6(4(2)5(10)11)16-7(12,13)14/h1,5H. The van der Waals surface area contributed by atoms with Crippen LogP contribution in [0.3, 0.4) is 0 Å². The molecule has 0 N–H and O–H groups in total. The van der Waals surface area contributed by atoms with Gasteiger partial charge < -0.3 is 4.74 Å². The molecule has 9 heteroatoms. The number of halogens is 7. The number of hydrogen-bond donors (Lipinski definition) is 0. The maximum Gasteiger partial charge on any atom is 0.574 e. The second-order valence-electron chi connectivity index (χ2n) is 2.49. The molecule has 0 saturated heterocycles. The highest BCUT2D eigenvalue weighted by molar-refractivity contribution is 9.11. The molecule has 1 aromatic rings. The first-order valence-corrected chi connectivity index (χ1v) is 5.19. The molecule has 0 fully saturated rings. The number of nitrogens with zero attached hydrogens (tertiary/aromatic N) is 1. The number of hydrogen-bond acceptors (Lipinski definition) is 2. The van der Waals surface area contributed by atoms with Crippen molar-refractivity contribution >= 4 is 31.9 Å². The van der Waals surface area contributed by atoms with Gasteiger partial charge in [-0.3, -0.25) is 0 Å². The van der Waals surface area contributed by atoms with Crippen LogP contribution < -0.4 is 4.74 Å². The Kier molecular flexibility index (Phi) is 4.11. The van der Waals surface area contributed by atoms with Crippen LogP contribution in [0, 0.1) is 0 Å². The van der Waals surface area contributed by atoms with Crippen LogP contribution in [0.4, 0.5) is 22.0 Å². The molecule has 2 nitrogen and oxygen atoms in total. The molecule has 0 radical (unpaired) electrons. The van der Waals surface area contributed by atoms with Crippen molar-refractivity contribution in [3.63, 3.8) is 0 Å². The van der Waals surface area contributed by atoms with Crippen LogP contribution in [0.5, 0.6) is 5.88 Å². The van der Waals surface area contributed by atoms with Crippen LogP contribution >= 0.6 is 31.9 Å². The topological polar surface area (TPSA) is 22.1 Å². The molecule has 0 amide bonds. The normalized spacial score (nSPS) is 12.0. The minimum absolute atomic E-state index is 0.0528. The zero-order chi connectivity index (χ0) is 12.5. The highest BCUT2D eigenvalue weighted by Crippen LogP contribution is 2.37. The predicted octanol–water partition coefficient (Wildman–Crippen LogP) is 4.44. The Bertz CT molecular complexity index is 395. The van der Waals surface area contributed by atoms with Gasteiger partial charge in [-0.15, -0.1) is 13.2 Å². The summed E-state index contributed by atoms with van der Waals surface area (Å²) in [7, 11) is 0. The number of ether oxygens (including phenoxy) is 1. The van der Waals surface area contributed by atoms with Crippen molar-refractivity contribution in [3.8, 4) is 5.88 Å². The summed E-state index contributed by atoms with van der Waals surface area (Å²) in [5.41, 5.74) is -0.944. The van der Waals surface area contributed by atoms with Crippen molar-refractivity contribution in [1.82, 2.24) is 4.98 Å². The lowest BCUT2D eigenvalue weighted by molar-refractivity contribution is -0.276. The van der Waals surface area contributed by atoms with Crippen LogP contribution in [0.1, 0.15) is 12.0 Å². The first kappa shape index (κ1) is 13.6. The van der Waals surface area contributed by atoms with Crippen LogP contribution in [0.15, 0.2) is 15.1 Å². The van der Waals surface area contributed by atoms with Crippen LogP contribution in [0.25, 0.3) is 0 Å². The van der Waals surface area contributed by atoms with Crippen molar-refractivity contribution in [2.45, 2.75) is 12.8 Å². The van der Waals surface area contributed by atoms with E-state index in [1.807, 2.05) is 0 Å². The maximum atomic E-state index is 12.5. The van der Waals surface area contributed by atoms with Crippen LogP contribution in [-0.2, 0) is 0 Å². The van der Waals surface area contributed by atoms with Gasteiger partial charge in [0.15, 0.2) is 0 Å². The number of alkyl halides is 5. The lowest BCUT2D eigenvalue weighted by atomic mass is 10.3. The summed E-state index contributed by atoms with van der Waals surface area (Å²) in [5.74, 6) is -1.18.